The van der Waals surface area contributed by atoms with Crippen LogP contribution < -0.4 is 10.6 Å². The lowest BCUT2D eigenvalue weighted by molar-refractivity contribution is -0.122. The van der Waals surface area contributed by atoms with Crippen molar-refractivity contribution in [2.75, 3.05) is 16.4 Å². The van der Waals surface area contributed by atoms with Crippen LogP contribution in [0.3, 0.4) is 0 Å². The number of nitrogens with zero attached hydrogens (tertiary/aromatic N) is 3. The van der Waals surface area contributed by atoms with Crippen molar-refractivity contribution in [1.82, 2.24) is 15.4 Å². The number of nitrogens with one attached hydrogen (secondary N) is 2. The number of anilines is 2. The molecular formula is C13H15N5O3S2. The van der Waals surface area contributed by atoms with Crippen LogP contribution in [0.5, 0.6) is 0 Å². The Balaban J connectivity index is 1.45. The Morgan fingerprint density at radius 2 is 2.22 bits per heavy atom. The number of amides is 2. The zero-order chi connectivity index (χ0) is 16.2. The molecule has 0 aliphatic heterocycles. The van der Waals surface area contributed by atoms with Gasteiger partial charge in [0.1, 0.15) is 5.76 Å². The number of hydrogen-bond donors (Lipinski definition) is 2. The lowest BCUT2D eigenvalue weighted by atomic mass is 9.85. The first-order valence-corrected chi connectivity index (χ1v) is 8.90. The molecule has 2 aromatic heterocycles. The number of thioether (sulfide) groups is 1. The Labute approximate surface area is 140 Å². The smallest absolute Gasteiger partial charge is 0.236 e. The topological polar surface area (TPSA) is 110 Å². The molecule has 2 aromatic rings. The molecule has 0 saturated heterocycles. The quantitative estimate of drug-likeness (QED) is 0.605. The van der Waals surface area contributed by atoms with Gasteiger partial charge in [-0.1, -0.05) is 34.7 Å². The van der Waals surface area contributed by atoms with Gasteiger partial charge in [-0.25, -0.2) is 0 Å². The van der Waals surface area contributed by atoms with Crippen LogP contribution in [-0.4, -0.2) is 32.9 Å². The normalized spacial score (nSPS) is 14.3. The van der Waals surface area contributed by atoms with Gasteiger partial charge in [0.25, 0.3) is 0 Å². The van der Waals surface area contributed by atoms with Gasteiger partial charge in [-0.15, -0.1) is 10.2 Å². The molecule has 0 unspecified atom stereocenters. The highest BCUT2D eigenvalue weighted by molar-refractivity contribution is 8.01. The summed E-state index contributed by atoms with van der Waals surface area (Å²) in [7, 11) is 0. The molecule has 1 fully saturated rings. The Morgan fingerprint density at radius 3 is 2.87 bits per heavy atom. The summed E-state index contributed by atoms with van der Waals surface area (Å²) in [6.45, 7) is 1.75. The van der Waals surface area contributed by atoms with Gasteiger partial charge in [-0.2, -0.15) is 0 Å². The molecule has 0 spiro atoms. The number of hydrogen-bond acceptors (Lipinski definition) is 8. The highest BCUT2D eigenvalue weighted by atomic mass is 32.2. The van der Waals surface area contributed by atoms with Gasteiger partial charge in [-0.05, 0) is 19.8 Å². The molecule has 8 nitrogen and oxygen atoms in total. The van der Waals surface area contributed by atoms with Gasteiger partial charge in [0, 0.05) is 12.0 Å². The molecule has 0 atom stereocenters. The monoisotopic (exact) mass is 353 g/mol. The van der Waals surface area contributed by atoms with Gasteiger partial charge >= 0.3 is 0 Å². The van der Waals surface area contributed by atoms with Crippen molar-refractivity contribution in [2.45, 2.75) is 30.5 Å². The van der Waals surface area contributed by atoms with E-state index in [-0.39, 0.29) is 23.5 Å². The molecule has 2 amide bonds. The van der Waals surface area contributed by atoms with Crippen molar-refractivity contribution < 1.29 is 14.1 Å². The molecule has 1 aliphatic rings. The van der Waals surface area contributed by atoms with Gasteiger partial charge in [-0.3, -0.25) is 9.59 Å². The second-order valence-electron chi connectivity index (χ2n) is 5.15. The lowest BCUT2D eigenvalue weighted by Crippen LogP contribution is -2.27. The Hall–Kier alpha value is -1.94. The minimum atomic E-state index is -0.210. The predicted molar refractivity (Wildman–Crippen MR) is 86.5 cm³/mol. The second-order valence-corrected chi connectivity index (χ2v) is 7.35. The van der Waals surface area contributed by atoms with E-state index < -0.39 is 0 Å². The maximum atomic E-state index is 11.8. The maximum absolute atomic E-state index is 11.8. The van der Waals surface area contributed by atoms with E-state index in [1.165, 1.54) is 23.1 Å². The van der Waals surface area contributed by atoms with Crippen molar-refractivity contribution in [3.63, 3.8) is 0 Å². The molecule has 2 N–H and O–H groups in total. The van der Waals surface area contributed by atoms with Gasteiger partial charge in [0.05, 0.1) is 5.75 Å². The first-order chi connectivity index (χ1) is 11.1. The molecule has 0 aromatic carbocycles. The van der Waals surface area contributed by atoms with E-state index in [2.05, 4.69) is 26.0 Å². The van der Waals surface area contributed by atoms with E-state index in [0.717, 1.165) is 19.3 Å². The first-order valence-electron chi connectivity index (χ1n) is 7.10. The van der Waals surface area contributed by atoms with Crippen LogP contribution in [0.4, 0.5) is 10.9 Å². The third-order valence-corrected chi connectivity index (χ3v) is 5.31. The third-order valence-electron chi connectivity index (χ3n) is 3.33. The molecule has 2 heterocycles. The summed E-state index contributed by atoms with van der Waals surface area (Å²) in [6, 6.07) is 1.64. The van der Waals surface area contributed by atoms with E-state index in [1.54, 1.807) is 13.0 Å². The molecule has 10 heteroatoms. The van der Waals surface area contributed by atoms with Crippen LogP contribution in [0.1, 0.15) is 25.0 Å². The van der Waals surface area contributed by atoms with E-state index in [0.29, 0.717) is 21.0 Å². The van der Waals surface area contributed by atoms with Gasteiger partial charge < -0.3 is 15.2 Å². The Morgan fingerprint density at radius 1 is 1.39 bits per heavy atom. The molecule has 1 aliphatic carbocycles. The zero-order valence-electron chi connectivity index (χ0n) is 12.4. The average Bonchev–Trinajstić information content (AvgIpc) is 3.04. The summed E-state index contributed by atoms with van der Waals surface area (Å²) in [6.07, 6.45) is 2.98. The van der Waals surface area contributed by atoms with Crippen molar-refractivity contribution >= 4 is 45.9 Å². The van der Waals surface area contributed by atoms with Crippen LogP contribution in [-0.2, 0) is 9.59 Å². The minimum Gasteiger partial charge on any atom is -0.360 e. The number of carbonyl (C=O) groups is 2. The molecule has 3 rings (SSSR count). The van der Waals surface area contributed by atoms with E-state index in [4.69, 9.17) is 4.52 Å². The summed E-state index contributed by atoms with van der Waals surface area (Å²) in [5.41, 5.74) is 0. The maximum Gasteiger partial charge on any atom is 0.236 e. The Kier molecular flexibility index (Phi) is 4.91. The van der Waals surface area contributed by atoms with Crippen LogP contribution in [0.25, 0.3) is 0 Å². The summed E-state index contributed by atoms with van der Waals surface area (Å²) in [5.74, 6) is 1.09. The van der Waals surface area contributed by atoms with Gasteiger partial charge in [0.2, 0.25) is 16.9 Å². The second kappa shape index (κ2) is 7.09. The van der Waals surface area contributed by atoms with Crippen molar-refractivity contribution in [1.29, 1.82) is 0 Å². The van der Waals surface area contributed by atoms with Crippen LogP contribution >= 0.6 is 23.1 Å². The van der Waals surface area contributed by atoms with Crippen LogP contribution in [0, 0.1) is 12.8 Å². The molecule has 1 saturated carbocycles. The van der Waals surface area contributed by atoms with Crippen molar-refractivity contribution in [3.8, 4) is 0 Å². The lowest BCUT2D eigenvalue weighted by Gasteiger charge is -2.23. The number of carbonyl (C=O) groups excluding carboxylic acids is 2. The molecule has 122 valence electrons. The Bertz CT molecular complexity index is 710. The highest BCUT2D eigenvalue weighted by Crippen LogP contribution is 2.30. The first kappa shape index (κ1) is 15.9. The molecule has 23 heavy (non-hydrogen) atoms. The van der Waals surface area contributed by atoms with Crippen LogP contribution in [0.15, 0.2) is 14.9 Å². The predicted octanol–water partition coefficient (Wildman–Crippen LogP) is 2.30. The summed E-state index contributed by atoms with van der Waals surface area (Å²) < 4.78 is 5.50. The largest absolute Gasteiger partial charge is 0.360 e. The SMILES string of the molecule is Cc1cc(NC(=O)CSc2nnc(NC(=O)C3CCC3)s2)no1. The third kappa shape index (κ3) is 4.29. The van der Waals surface area contributed by atoms with E-state index in [9.17, 15) is 9.59 Å². The van der Waals surface area contributed by atoms with E-state index >= 15 is 0 Å². The van der Waals surface area contributed by atoms with Gasteiger partial charge in [0.15, 0.2) is 10.2 Å². The van der Waals surface area contributed by atoms with E-state index in [1.807, 2.05) is 0 Å². The fourth-order valence-electron chi connectivity index (χ4n) is 1.93. The number of aryl methyl sites for hydroxylation is 1. The fourth-order valence-corrected chi connectivity index (χ4v) is 3.48. The standard InChI is InChI=1S/C13H15N5O3S2/c1-7-5-9(18-21-7)14-10(19)6-22-13-17-16-12(23-13)15-11(20)8-3-2-4-8/h5,8H,2-4,6H2,1H3,(H,14,18,19)(H,15,16,20). The van der Waals surface area contributed by atoms with Crippen molar-refractivity contribution in [3.05, 3.63) is 11.8 Å². The van der Waals surface area contributed by atoms with Crippen LogP contribution in [0.2, 0.25) is 0 Å². The summed E-state index contributed by atoms with van der Waals surface area (Å²) in [4.78, 5) is 23.6. The van der Waals surface area contributed by atoms with Crippen molar-refractivity contribution in [2.24, 2.45) is 5.92 Å². The summed E-state index contributed by atoms with van der Waals surface area (Å²) in [5, 5.41) is 17.4. The number of rotatable bonds is 6. The average molecular weight is 353 g/mol. The summed E-state index contributed by atoms with van der Waals surface area (Å²) >= 11 is 2.51. The molecular weight excluding hydrogens is 338 g/mol. The molecule has 0 bridgehead atoms. The fraction of sp³-hybridized carbons (Fsp3) is 0.462. The highest BCUT2D eigenvalue weighted by Gasteiger charge is 2.26. The minimum absolute atomic E-state index is 0.00287. The number of aromatic nitrogens is 3. The zero-order valence-corrected chi connectivity index (χ0v) is 14.0. The molecule has 0 radical (unpaired) electrons.